The van der Waals surface area contributed by atoms with Crippen molar-refractivity contribution >= 4 is 12.4 Å². The van der Waals surface area contributed by atoms with Gasteiger partial charge in [-0.25, -0.2) is 15.0 Å². The van der Waals surface area contributed by atoms with Crippen LogP contribution in [0.15, 0.2) is 31.0 Å². The summed E-state index contributed by atoms with van der Waals surface area (Å²) in [5.74, 6) is -0.0577. The molecule has 1 aliphatic heterocycles. The highest BCUT2D eigenvalue weighted by Crippen LogP contribution is 2.11. The van der Waals surface area contributed by atoms with Crippen LogP contribution < -0.4 is 4.74 Å². The number of ether oxygens (including phenoxy) is 1. The van der Waals surface area contributed by atoms with Gasteiger partial charge in [-0.1, -0.05) is 0 Å². The lowest BCUT2D eigenvalue weighted by Crippen LogP contribution is -2.35. The van der Waals surface area contributed by atoms with Crippen molar-refractivity contribution < 1.29 is 19.4 Å². The van der Waals surface area contributed by atoms with Gasteiger partial charge in [-0.15, -0.1) is 0 Å². The lowest BCUT2D eigenvalue weighted by molar-refractivity contribution is -0.122. The molecular weight excluding hydrogens is 352 g/mol. The van der Waals surface area contributed by atoms with E-state index in [0.717, 1.165) is 38.2 Å². The van der Waals surface area contributed by atoms with Gasteiger partial charge in [0.2, 0.25) is 0 Å². The minimum absolute atomic E-state index is 0.0577. The summed E-state index contributed by atoms with van der Waals surface area (Å²) in [6.45, 7) is 3.64. The van der Waals surface area contributed by atoms with Crippen LogP contribution in [0.1, 0.15) is 22.5 Å². The molecule has 0 spiro atoms. The topological polar surface area (TPSA) is 122 Å². The van der Waals surface area contributed by atoms with Crippen LogP contribution in [0.5, 0.6) is 6.01 Å². The summed E-state index contributed by atoms with van der Waals surface area (Å²) in [5.41, 5.74) is 1.43. The van der Waals surface area contributed by atoms with Gasteiger partial charge in [0.25, 0.3) is 12.4 Å². The molecule has 0 aromatic carbocycles. The van der Waals surface area contributed by atoms with E-state index >= 15 is 0 Å². The summed E-state index contributed by atoms with van der Waals surface area (Å²) in [5, 5.41) is 6.89. The van der Waals surface area contributed by atoms with E-state index in [-0.39, 0.29) is 12.4 Å². The fraction of sp³-hybridized carbons (Fsp3) is 0.412. The normalized spacial score (nSPS) is 14.5. The molecule has 2 aromatic heterocycles. The second-order valence-electron chi connectivity index (χ2n) is 5.70. The average molecular weight is 374 g/mol. The molecule has 1 fully saturated rings. The molecule has 0 saturated carbocycles. The summed E-state index contributed by atoms with van der Waals surface area (Å²) >= 11 is 0. The zero-order valence-electron chi connectivity index (χ0n) is 15.1. The quantitative estimate of drug-likeness (QED) is 0.754. The van der Waals surface area contributed by atoms with Crippen LogP contribution in [0, 0.1) is 0 Å². The predicted octanol–water partition coefficient (Wildman–Crippen LogP) is 0.324. The molecule has 144 valence electrons. The fourth-order valence-electron chi connectivity index (χ4n) is 2.69. The lowest BCUT2D eigenvalue weighted by Gasteiger charge is -2.21. The summed E-state index contributed by atoms with van der Waals surface area (Å²) in [7, 11) is 1.55. The Balaban J connectivity index is 0.000000817. The van der Waals surface area contributed by atoms with Gasteiger partial charge in [0.15, 0.2) is 0 Å². The first-order valence-electron chi connectivity index (χ1n) is 8.38. The molecule has 1 aliphatic rings. The number of nitrogens with zero attached hydrogens (tertiary/aromatic N) is 6. The Morgan fingerprint density at radius 3 is 2.52 bits per heavy atom. The Morgan fingerprint density at radius 1 is 1.15 bits per heavy atom. The number of carbonyl (C=O) groups excluding carboxylic acids is 1. The molecule has 0 unspecified atom stereocenters. The first kappa shape index (κ1) is 20.2. The maximum atomic E-state index is 12.5. The van der Waals surface area contributed by atoms with E-state index in [1.807, 2.05) is 4.90 Å². The molecule has 3 heterocycles. The van der Waals surface area contributed by atoms with Gasteiger partial charge in [-0.05, 0) is 6.42 Å². The molecule has 1 amide bonds. The monoisotopic (exact) mass is 374 g/mol. The maximum absolute atomic E-state index is 12.5. The molecule has 2 aromatic rings. The Bertz CT molecular complexity index is 713. The zero-order valence-corrected chi connectivity index (χ0v) is 15.1. The van der Waals surface area contributed by atoms with Crippen LogP contribution in [-0.4, -0.2) is 80.5 Å². The summed E-state index contributed by atoms with van der Waals surface area (Å²) in [4.78, 5) is 41.3. The lowest BCUT2D eigenvalue weighted by atomic mass is 10.3. The molecule has 3 rings (SSSR count). The van der Waals surface area contributed by atoms with Crippen molar-refractivity contribution in [2.75, 3.05) is 33.3 Å². The summed E-state index contributed by atoms with van der Waals surface area (Å²) in [6, 6.07) is 0.371. The summed E-state index contributed by atoms with van der Waals surface area (Å²) < 4.78 is 4.97. The van der Waals surface area contributed by atoms with Crippen LogP contribution in [0.3, 0.4) is 0 Å². The molecule has 1 saturated heterocycles. The van der Waals surface area contributed by atoms with Crippen LogP contribution >= 0.6 is 0 Å². The van der Waals surface area contributed by atoms with Crippen molar-refractivity contribution in [2.24, 2.45) is 0 Å². The average Bonchev–Trinajstić information content (AvgIpc) is 2.95. The van der Waals surface area contributed by atoms with E-state index in [9.17, 15) is 4.79 Å². The van der Waals surface area contributed by atoms with Crippen LogP contribution in [-0.2, 0) is 11.3 Å². The van der Waals surface area contributed by atoms with Crippen LogP contribution in [0.4, 0.5) is 0 Å². The smallest absolute Gasteiger partial charge is 0.316 e. The number of hydrogen-bond donors (Lipinski definition) is 1. The van der Waals surface area contributed by atoms with Crippen LogP contribution in [0.2, 0.25) is 0 Å². The maximum Gasteiger partial charge on any atom is 0.316 e. The minimum Gasteiger partial charge on any atom is -0.483 e. The molecule has 10 heteroatoms. The first-order valence-corrected chi connectivity index (χ1v) is 8.38. The minimum atomic E-state index is -0.250. The first-order chi connectivity index (χ1) is 13.2. The van der Waals surface area contributed by atoms with Gasteiger partial charge in [0.05, 0.1) is 13.3 Å². The molecule has 27 heavy (non-hydrogen) atoms. The molecule has 0 radical (unpaired) electrons. The number of methoxy groups -OCH3 is 1. The Kier molecular flexibility index (Phi) is 8.04. The van der Waals surface area contributed by atoms with E-state index in [1.54, 1.807) is 31.9 Å². The standard InChI is InChI=1S/C16H20N6O2.CH2O2/c1-24-16-19-9-13(10-20-16)12-21-5-2-6-22(8-7-21)15(23)14-11-17-3-4-18-14;2-1-3/h3-4,9-11H,2,5-8,12H2,1H3;1H,(H,2,3). The molecule has 1 N–H and O–H groups in total. The van der Waals surface area contributed by atoms with Crippen LogP contribution in [0.25, 0.3) is 0 Å². The van der Waals surface area contributed by atoms with Crippen molar-refractivity contribution in [2.45, 2.75) is 13.0 Å². The molecular formula is C17H22N6O4. The van der Waals surface area contributed by atoms with Crippen molar-refractivity contribution in [3.8, 4) is 6.01 Å². The number of aromatic nitrogens is 4. The summed E-state index contributed by atoms with van der Waals surface area (Å²) in [6.07, 6.45) is 9.10. The molecule has 0 atom stereocenters. The van der Waals surface area contributed by atoms with Gasteiger partial charge in [-0.2, -0.15) is 0 Å². The van der Waals surface area contributed by atoms with Gasteiger partial charge < -0.3 is 14.7 Å². The third kappa shape index (κ3) is 6.26. The highest BCUT2D eigenvalue weighted by atomic mass is 16.5. The SMILES string of the molecule is COc1ncc(CN2CCCN(C(=O)c3cnccn3)CC2)cn1.O=CO. The van der Waals surface area contributed by atoms with Crippen molar-refractivity contribution in [1.82, 2.24) is 29.7 Å². The second-order valence-corrected chi connectivity index (χ2v) is 5.70. The number of rotatable bonds is 4. The number of amides is 1. The van der Waals surface area contributed by atoms with E-state index in [4.69, 9.17) is 14.6 Å². The Hall–Kier alpha value is -3.14. The van der Waals surface area contributed by atoms with E-state index in [1.165, 1.54) is 6.20 Å². The highest BCUT2D eigenvalue weighted by molar-refractivity contribution is 5.91. The second kappa shape index (κ2) is 10.8. The van der Waals surface area contributed by atoms with Crippen molar-refractivity contribution in [1.29, 1.82) is 0 Å². The Labute approximate surface area is 156 Å². The molecule has 10 nitrogen and oxygen atoms in total. The number of carboxylic acid groups (broad SMARTS) is 1. The zero-order chi connectivity index (χ0) is 19.5. The fourth-order valence-corrected chi connectivity index (χ4v) is 2.69. The molecule has 0 aliphatic carbocycles. The van der Waals surface area contributed by atoms with Crippen molar-refractivity contribution in [3.63, 3.8) is 0 Å². The highest BCUT2D eigenvalue weighted by Gasteiger charge is 2.21. The van der Waals surface area contributed by atoms with Gasteiger partial charge in [-0.3, -0.25) is 19.5 Å². The van der Waals surface area contributed by atoms with E-state index in [2.05, 4.69) is 24.8 Å². The van der Waals surface area contributed by atoms with Crippen molar-refractivity contribution in [3.05, 3.63) is 42.2 Å². The van der Waals surface area contributed by atoms with Gasteiger partial charge in [0, 0.05) is 63.1 Å². The van der Waals surface area contributed by atoms with E-state index in [0.29, 0.717) is 18.2 Å². The number of carbonyl (C=O) groups is 2. The van der Waals surface area contributed by atoms with E-state index < -0.39 is 0 Å². The number of hydrogen-bond acceptors (Lipinski definition) is 8. The molecule has 0 bridgehead atoms. The largest absolute Gasteiger partial charge is 0.483 e. The van der Waals surface area contributed by atoms with Gasteiger partial charge in [0.1, 0.15) is 5.69 Å². The third-order valence-electron chi connectivity index (χ3n) is 3.93. The third-order valence-corrected chi connectivity index (χ3v) is 3.93. The predicted molar refractivity (Wildman–Crippen MR) is 95.1 cm³/mol. The van der Waals surface area contributed by atoms with Gasteiger partial charge >= 0.3 is 6.01 Å². The Morgan fingerprint density at radius 2 is 1.89 bits per heavy atom.